The van der Waals surface area contributed by atoms with Crippen molar-refractivity contribution in [2.45, 2.75) is 50.5 Å². The number of aliphatic carboxylic acids is 1. The molecular formula is C14H19NO5S. The van der Waals surface area contributed by atoms with Crippen LogP contribution in [0.25, 0.3) is 0 Å². The van der Waals surface area contributed by atoms with Crippen LogP contribution in [0.1, 0.15) is 34.6 Å². The van der Waals surface area contributed by atoms with Gasteiger partial charge in [-0.3, -0.25) is 14.5 Å². The molecule has 2 atom stereocenters. The third-order valence-corrected chi connectivity index (χ3v) is 5.31. The van der Waals surface area contributed by atoms with Gasteiger partial charge in [0.15, 0.2) is 0 Å². The van der Waals surface area contributed by atoms with Gasteiger partial charge in [-0.25, -0.2) is 4.79 Å². The third kappa shape index (κ3) is 1.90. The van der Waals surface area contributed by atoms with E-state index in [0.717, 1.165) is 4.90 Å². The van der Waals surface area contributed by atoms with Gasteiger partial charge in [-0.15, -0.1) is 11.8 Å². The highest BCUT2D eigenvalue weighted by molar-refractivity contribution is 8.02. The van der Waals surface area contributed by atoms with E-state index in [0.29, 0.717) is 5.57 Å². The second kappa shape index (κ2) is 4.25. The number of carboxylic acid groups (broad SMARTS) is 1. The molecule has 0 aromatic heterocycles. The molecule has 2 heterocycles. The number of amides is 1. The highest BCUT2D eigenvalue weighted by Crippen LogP contribution is 2.59. The quantitative estimate of drug-likeness (QED) is 0.474. The van der Waals surface area contributed by atoms with Crippen LogP contribution in [0, 0.1) is 5.41 Å². The van der Waals surface area contributed by atoms with Crippen molar-refractivity contribution in [3.05, 3.63) is 12.2 Å². The maximum Gasteiger partial charge on any atom is 0.371 e. The summed E-state index contributed by atoms with van der Waals surface area (Å²) in [7, 11) is 0. The highest BCUT2D eigenvalue weighted by Gasteiger charge is 2.74. The van der Waals surface area contributed by atoms with Crippen LogP contribution in [0.2, 0.25) is 0 Å². The molecular weight excluding hydrogens is 294 g/mol. The Hall–Kier alpha value is -1.50. The first-order chi connectivity index (χ1) is 9.36. The molecule has 0 spiro atoms. The summed E-state index contributed by atoms with van der Waals surface area (Å²) in [6, 6.07) is 0. The Labute approximate surface area is 127 Å². The van der Waals surface area contributed by atoms with Crippen molar-refractivity contribution in [2.75, 3.05) is 0 Å². The number of hydrogen-bond acceptors (Lipinski definition) is 5. The molecule has 116 valence electrons. The molecule has 0 unspecified atom stereocenters. The Bertz CT molecular complexity index is 562. The lowest BCUT2D eigenvalue weighted by Crippen LogP contribution is -2.70. The fraction of sp³-hybridized carbons (Fsp3) is 0.643. The van der Waals surface area contributed by atoms with E-state index in [-0.39, 0.29) is 0 Å². The molecule has 2 fully saturated rings. The summed E-state index contributed by atoms with van der Waals surface area (Å²) in [6.07, 6.45) is 0. The van der Waals surface area contributed by atoms with Gasteiger partial charge in [-0.1, -0.05) is 6.58 Å². The van der Waals surface area contributed by atoms with Crippen LogP contribution in [-0.4, -0.2) is 43.7 Å². The van der Waals surface area contributed by atoms with E-state index in [2.05, 4.69) is 6.58 Å². The van der Waals surface area contributed by atoms with Crippen molar-refractivity contribution in [3.8, 4) is 0 Å². The predicted molar refractivity (Wildman–Crippen MR) is 77.4 cm³/mol. The lowest BCUT2D eigenvalue weighted by molar-refractivity contribution is -0.217. The third-order valence-electron chi connectivity index (χ3n) is 3.73. The summed E-state index contributed by atoms with van der Waals surface area (Å²) >= 11 is 1.26. The smallest absolute Gasteiger partial charge is 0.371 e. The largest absolute Gasteiger partial charge is 0.477 e. The minimum absolute atomic E-state index is 0.336. The van der Waals surface area contributed by atoms with Gasteiger partial charge in [0.2, 0.25) is 0 Å². The number of esters is 1. The minimum Gasteiger partial charge on any atom is -0.477 e. The molecule has 21 heavy (non-hydrogen) atoms. The van der Waals surface area contributed by atoms with Gasteiger partial charge >= 0.3 is 17.7 Å². The maximum absolute atomic E-state index is 12.2. The number of rotatable bonds is 2. The molecule has 2 aliphatic rings. The number of ether oxygens (including phenoxy) is 1. The van der Waals surface area contributed by atoms with Crippen LogP contribution in [0.3, 0.4) is 0 Å². The van der Waals surface area contributed by atoms with E-state index >= 15 is 0 Å². The van der Waals surface area contributed by atoms with Gasteiger partial charge in [-0.05, 0) is 34.6 Å². The van der Waals surface area contributed by atoms with Gasteiger partial charge in [0, 0.05) is 5.57 Å². The first-order valence-electron chi connectivity index (χ1n) is 6.53. The van der Waals surface area contributed by atoms with Crippen molar-refractivity contribution in [1.82, 2.24) is 4.90 Å². The van der Waals surface area contributed by atoms with Crippen LogP contribution in [0.5, 0.6) is 0 Å². The van der Waals surface area contributed by atoms with Crippen molar-refractivity contribution in [3.63, 3.8) is 0 Å². The van der Waals surface area contributed by atoms with Crippen LogP contribution in [-0.2, 0) is 19.1 Å². The molecule has 1 amide bonds. The minimum atomic E-state index is -2.01. The van der Waals surface area contributed by atoms with Crippen molar-refractivity contribution in [2.24, 2.45) is 5.41 Å². The molecule has 0 bridgehead atoms. The van der Waals surface area contributed by atoms with E-state index in [1.54, 1.807) is 34.6 Å². The summed E-state index contributed by atoms with van der Waals surface area (Å²) in [4.78, 5) is 37.3. The fourth-order valence-electron chi connectivity index (χ4n) is 2.40. The zero-order valence-electron chi connectivity index (χ0n) is 12.7. The fourth-order valence-corrected chi connectivity index (χ4v) is 3.94. The number of nitrogens with zero attached hydrogens (tertiary/aromatic N) is 1. The summed E-state index contributed by atoms with van der Waals surface area (Å²) in [5, 5.41) is 9.26. The van der Waals surface area contributed by atoms with Gasteiger partial charge in [0.05, 0.1) is 10.2 Å². The lowest BCUT2D eigenvalue weighted by atomic mass is 9.90. The first kappa shape index (κ1) is 15.9. The number of fused-ring (bicyclic) bond motifs is 1. The van der Waals surface area contributed by atoms with Gasteiger partial charge in [0.1, 0.15) is 5.37 Å². The number of β-lactam (4-membered cyclic amide) rings is 1. The van der Waals surface area contributed by atoms with Crippen LogP contribution in [0.15, 0.2) is 12.2 Å². The highest BCUT2D eigenvalue weighted by atomic mass is 32.2. The Kier molecular flexibility index (Phi) is 3.22. The van der Waals surface area contributed by atoms with Crippen molar-refractivity contribution < 1.29 is 24.2 Å². The zero-order valence-corrected chi connectivity index (χ0v) is 13.5. The number of thioether (sulfide) groups is 1. The van der Waals surface area contributed by atoms with E-state index in [1.807, 2.05) is 0 Å². The Morgan fingerprint density at radius 1 is 1.38 bits per heavy atom. The van der Waals surface area contributed by atoms with Crippen LogP contribution in [0.4, 0.5) is 0 Å². The second-order valence-electron chi connectivity index (χ2n) is 6.77. The normalized spacial score (nSPS) is 30.7. The molecule has 2 aliphatic heterocycles. The first-order valence-corrected chi connectivity index (χ1v) is 7.41. The second-order valence-corrected chi connectivity index (χ2v) is 8.47. The molecule has 0 aliphatic carbocycles. The standard InChI is InChI=1S/C14H19NO5S/c1-7-8(16)15-9(7)21-13(5,6)14(15,10(17)18)20-11(19)12(2,3)4/h9H,1H2,2-6H3,(H,17,18)/t9-,14+/m1/s1. The molecule has 0 saturated carbocycles. The van der Waals surface area contributed by atoms with Crippen LogP contribution < -0.4 is 0 Å². The Morgan fingerprint density at radius 2 is 1.90 bits per heavy atom. The Morgan fingerprint density at radius 3 is 2.33 bits per heavy atom. The number of carbonyl (C=O) groups is 3. The van der Waals surface area contributed by atoms with E-state index < -0.39 is 39.1 Å². The molecule has 7 heteroatoms. The molecule has 0 radical (unpaired) electrons. The Balaban J connectivity index is 2.51. The van der Waals surface area contributed by atoms with Gasteiger partial charge in [-0.2, -0.15) is 0 Å². The molecule has 6 nitrogen and oxygen atoms in total. The lowest BCUT2D eigenvalue weighted by Gasteiger charge is -2.46. The maximum atomic E-state index is 12.2. The predicted octanol–water partition coefficient (Wildman–Crippen LogP) is 1.61. The topological polar surface area (TPSA) is 83.9 Å². The van der Waals surface area contributed by atoms with Crippen LogP contribution >= 0.6 is 11.8 Å². The molecule has 0 aromatic rings. The van der Waals surface area contributed by atoms with E-state index in [4.69, 9.17) is 4.74 Å². The molecule has 2 rings (SSSR count). The average molecular weight is 313 g/mol. The van der Waals surface area contributed by atoms with Gasteiger partial charge < -0.3 is 9.84 Å². The average Bonchev–Trinajstić information content (AvgIpc) is 2.54. The van der Waals surface area contributed by atoms with Crippen molar-refractivity contribution >= 4 is 29.6 Å². The van der Waals surface area contributed by atoms with Gasteiger partial charge in [0.25, 0.3) is 5.91 Å². The summed E-state index contributed by atoms with van der Waals surface area (Å²) < 4.78 is 4.41. The summed E-state index contributed by atoms with van der Waals surface area (Å²) in [5.74, 6) is -2.49. The number of hydrogen-bond donors (Lipinski definition) is 1. The number of carbonyl (C=O) groups excluding carboxylic acids is 2. The molecule has 0 aromatic carbocycles. The summed E-state index contributed by atoms with van der Waals surface area (Å²) in [5.41, 5.74) is -2.54. The number of carboxylic acids is 1. The monoisotopic (exact) mass is 313 g/mol. The molecule has 1 N–H and O–H groups in total. The summed E-state index contributed by atoms with van der Waals surface area (Å²) in [6.45, 7) is 11.9. The van der Waals surface area contributed by atoms with E-state index in [1.165, 1.54) is 11.8 Å². The molecule has 2 saturated heterocycles. The van der Waals surface area contributed by atoms with Crippen molar-refractivity contribution in [1.29, 1.82) is 0 Å². The SMILES string of the molecule is C=C1C(=O)N2[C@@H]1SC(C)(C)[C@@]2(OC(=O)C(C)(C)C)C(=O)O. The zero-order chi connectivity index (χ0) is 16.4. The van der Waals surface area contributed by atoms with E-state index in [9.17, 15) is 19.5 Å².